The van der Waals surface area contributed by atoms with E-state index in [-0.39, 0.29) is 30.4 Å². The van der Waals surface area contributed by atoms with Crippen molar-refractivity contribution < 1.29 is 9.59 Å². The molecule has 0 aliphatic carbocycles. The molecule has 0 saturated carbocycles. The number of anilines is 1. The van der Waals surface area contributed by atoms with Gasteiger partial charge in [-0.15, -0.1) is 0 Å². The molecule has 1 unspecified atom stereocenters. The number of hydrogen-bond donors (Lipinski definition) is 0. The molecule has 0 radical (unpaired) electrons. The van der Waals surface area contributed by atoms with Gasteiger partial charge in [-0.05, 0) is 43.7 Å². The van der Waals surface area contributed by atoms with Crippen molar-refractivity contribution in [3.8, 4) is 5.69 Å². The van der Waals surface area contributed by atoms with Gasteiger partial charge in [-0.3, -0.25) is 14.5 Å². The van der Waals surface area contributed by atoms with Crippen LogP contribution in [-0.4, -0.2) is 33.9 Å². The normalized spacial score (nSPS) is 15.0. The molecular weight excluding hydrogens is 362 g/mol. The monoisotopic (exact) mass is 387 g/mol. The first kappa shape index (κ1) is 19.0. The van der Waals surface area contributed by atoms with Gasteiger partial charge in [-0.25, -0.2) is 0 Å². The number of hydrogen-bond acceptors (Lipinski definition) is 2. The molecule has 1 atom stereocenters. The molecular formula is C24H25N3O2. The Hall–Kier alpha value is -3.34. The molecule has 0 saturated heterocycles. The minimum Gasteiger partial charge on any atom is -0.331 e. The zero-order valence-corrected chi connectivity index (χ0v) is 16.9. The fourth-order valence-electron chi connectivity index (χ4n) is 4.09. The molecule has 5 nitrogen and oxygen atoms in total. The molecule has 2 amide bonds. The van der Waals surface area contributed by atoms with Crippen molar-refractivity contribution in [2.45, 2.75) is 32.9 Å². The van der Waals surface area contributed by atoms with E-state index in [1.165, 1.54) is 6.92 Å². The second-order valence-electron chi connectivity index (χ2n) is 7.61. The van der Waals surface area contributed by atoms with Crippen LogP contribution in [0.25, 0.3) is 5.69 Å². The summed E-state index contributed by atoms with van der Waals surface area (Å²) in [6.45, 7) is 5.42. The average Bonchev–Trinajstić information content (AvgIpc) is 3.20. The van der Waals surface area contributed by atoms with Gasteiger partial charge in [0, 0.05) is 19.2 Å². The lowest BCUT2D eigenvalue weighted by atomic mass is 9.97. The van der Waals surface area contributed by atoms with E-state index in [1.807, 2.05) is 85.6 Å². The van der Waals surface area contributed by atoms with E-state index in [0.29, 0.717) is 0 Å². The van der Waals surface area contributed by atoms with E-state index in [2.05, 4.69) is 10.6 Å². The fourth-order valence-corrected chi connectivity index (χ4v) is 4.09. The molecule has 0 fully saturated rings. The summed E-state index contributed by atoms with van der Waals surface area (Å²) in [4.78, 5) is 29.2. The predicted octanol–water partition coefficient (Wildman–Crippen LogP) is 4.17. The van der Waals surface area contributed by atoms with Crippen LogP contribution in [0.15, 0.2) is 72.9 Å². The van der Waals surface area contributed by atoms with Gasteiger partial charge in [0.2, 0.25) is 11.8 Å². The van der Waals surface area contributed by atoms with Gasteiger partial charge in [0.15, 0.2) is 0 Å². The molecule has 0 N–H and O–H groups in total. The van der Waals surface area contributed by atoms with Crippen molar-refractivity contribution >= 4 is 17.5 Å². The van der Waals surface area contributed by atoms with Gasteiger partial charge in [0.1, 0.15) is 12.6 Å². The Kier molecular flexibility index (Phi) is 4.97. The molecule has 5 heteroatoms. The van der Waals surface area contributed by atoms with Crippen LogP contribution >= 0.6 is 0 Å². The molecule has 2 aromatic carbocycles. The molecule has 2 heterocycles. The Bertz CT molecular complexity index is 1040. The molecule has 29 heavy (non-hydrogen) atoms. The SMILES string of the molecule is CC(=O)N(CC(=O)N1c2ccccc2-n2cccc2C1c1ccccc1)C(C)C. The maximum Gasteiger partial charge on any atom is 0.247 e. The van der Waals surface area contributed by atoms with Gasteiger partial charge in [-0.1, -0.05) is 42.5 Å². The Morgan fingerprint density at radius 1 is 0.931 bits per heavy atom. The van der Waals surface area contributed by atoms with E-state index >= 15 is 0 Å². The summed E-state index contributed by atoms with van der Waals surface area (Å²) in [5, 5.41) is 0. The molecule has 4 rings (SSSR count). The first-order valence-corrected chi connectivity index (χ1v) is 9.90. The van der Waals surface area contributed by atoms with E-state index in [4.69, 9.17) is 0 Å². The van der Waals surface area contributed by atoms with Gasteiger partial charge in [-0.2, -0.15) is 0 Å². The molecule has 1 aromatic heterocycles. The van der Waals surface area contributed by atoms with Gasteiger partial charge in [0.25, 0.3) is 0 Å². The highest BCUT2D eigenvalue weighted by Crippen LogP contribution is 2.42. The number of carbonyl (C=O) groups excluding carboxylic acids is 2. The van der Waals surface area contributed by atoms with Gasteiger partial charge < -0.3 is 9.47 Å². The second kappa shape index (κ2) is 7.59. The Morgan fingerprint density at radius 2 is 1.59 bits per heavy atom. The van der Waals surface area contributed by atoms with Crippen LogP contribution in [0.3, 0.4) is 0 Å². The molecule has 1 aliphatic rings. The summed E-state index contributed by atoms with van der Waals surface area (Å²) in [5.41, 5.74) is 3.88. The maximum atomic E-state index is 13.6. The summed E-state index contributed by atoms with van der Waals surface area (Å²) in [5.74, 6) is -0.194. The van der Waals surface area contributed by atoms with Gasteiger partial charge in [0.05, 0.1) is 17.1 Å². The summed E-state index contributed by atoms with van der Waals surface area (Å²) in [7, 11) is 0. The van der Waals surface area contributed by atoms with E-state index in [1.54, 1.807) is 4.90 Å². The first-order chi connectivity index (χ1) is 14.0. The van der Waals surface area contributed by atoms with Crippen molar-refractivity contribution in [1.82, 2.24) is 9.47 Å². The fraction of sp³-hybridized carbons (Fsp3) is 0.250. The lowest BCUT2D eigenvalue weighted by molar-refractivity contribution is -0.135. The lowest BCUT2D eigenvalue weighted by Crippen LogP contribution is -2.48. The number of para-hydroxylation sites is 2. The Balaban J connectivity index is 1.85. The smallest absolute Gasteiger partial charge is 0.247 e. The first-order valence-electron chi connectivity index (χ1n) is 9.90. The number of benzene rings is 2. The van der Waals surface area contributed by atoms with E-state index in [0.717, 1.165) is 22.6 Å². The number of fused-ring (bicyclic) bond motifs is 3. The second-order valence-corrected chi connectivity index (χ2v) is 7.61. The third-order valence-electron chi connectivity index (χ3n) is 5.44. The third-order valence-corrected chi connectivity index (χ3v) is 5.44. The predicted molar refractivity (Wildman–Crippen MR) is 114 cm³/mol. The largest absolute Gasteiger partial charge is 0.331 e. The van der Waals surface area contributed by atoms with Crippen molar-refractivity contribution in [3.63, 3.8) is 0 Å². The van der Waals surface area contributed by atoms with E-state index in [9.17, 15) is 9.59 Å². The van der Waals surface area contributed by atoms with Crippen LogP contribution in [0.2, 0.25) is 0 Å². The summed E-state index contributed by atoms with van der Waals surface area (Å²) in [6, 6.07) is 21.7. The minimum atomic E-state index is -0.255. The summed E-state index contributed by atoms with van der Waals surface area (Å²) < 4.78 is 2.14. The van der Waals surface area contributed by atoms with Crippen LogP contribution in [0.5, 0.6) is 0 Å². The highest BCUT2D eigenvalue weighted by molar-refractivity contribution is 6.00. The highest BCUT2D eigenvalue weighted by Gasteiger charge is 2.36. The zero-order chi connectivity index (χ0) is 20.5. The van der Waals surface area contributed by atoms with Crippen LogP contribution in [0.4, 0.5) is 5.69 Å². The topological polar surface area (TPSA) is 45.6 Å². The van der Waals surface area contributed by atoms with Crippen LogP contribution in [0, 0.1) is 0 Å². The zero-order valence-electron chi connectivity index (χ0n) is 16.9. The Labute approximate surface area is 171 Å². The van der Waals surface area contributed by atoms with Crippen molar-refractivity contribution in [1.29, 1.82) is 0 Å². The molecule has 1 aliphatic heterocycles. The molecule has 0 spiro atoms. The molecule has 3 aromatic rings. The highest BCUT2D eigenvalue weighted by atomic mass is 16.2. The van der Waals surface area contributed by atoms with Crippen molar-refractivity contribution in [2.75, 3.05) is 11.4 Å². The Morgan fingerprint density at radius 3 is 2.24 bits per heavy atom. The van der Waals surface area contributed by atoms with Crippen LogP contribution < -0.4 is 4.90 Å². The maximum absolute atomic E-state index is 13.6. The van der Waals surface area contributed by atoms with E-state index < -0.39 is 0 Å². The average molecular weight is 387 g/mol. The van der Waals surface area contributed by atoms with Crippen molar-refractivity contribution in [2.24, 2.45) is 0 Å². The number of carbonyl (C=O) groups is 2. The number of nitrogens with zero attached hydrogens (tertiary/aromatic N) is 3. The number of rotatable bonds is 4. The summed E-state index contributed by atoms with van der Waals surface area (Å²) in [6.07, 6.45) is 2.03. The number of aromatic nitrogens is 1. The molecule has 0 bridgehead atoms. The van der Waals surface area contributed by atoms with Gasteiger partial charge >= 0.3 is 0 Å². The minimum absolute atomic E-state index is 0.0458. The summed E-state index contributed by atoms with van der Waals surface area (Å²) >= 11 is 0. The molecule has 148 valence electrons. The van der Waals surface area contributed by atoms with Crippen LogP contribution in [-0.2, 0) is 9.59 Å². The quantitative estimate of drug-likeness (QED) is 0.674. The standard InChI is InChI=1S/C24H25N3O2/c1-17(2)26(18(3)28)16-23(29)27-21-13-8-7-12-20(21)25-15-9-14-22(25)24(27)19-10-5-4-6-11-19/h4-15,17,24H,16H2,1-3H3. The number of amides is 2. The lowest BCUT2D eigenvalue weighted by Gasteiger charge is -2.39. The van der Waals surface area contributed by atoms with Crippen molar-refractivity contribution in [3.05, 3.63) is 84.2 Å². The third kappa shape index (κ3) is 3.33. The van der Waals surface area contributed by atoms with Crippen LogP contribution in [0.1, 0.15) is 38.1 Å².